The number of piperazine rings is 1. The van der Waals surface area contributed by atoms with Crippen LogP contribution in [0, 0.1) is 10.1 Å². The zero-order valence-electron chi connectivity index (χ0n) is 12.6. The highest BCUT2D eigenvalue weighted by atomic mass is 16.6. The van der Waals surface area contributed by atoms with Gasteiger partial charge in [0.25, 0.3) is 0 Å². The number of nitrogens with zero attached hydrogens (tertiary/aromatic N) is 3. The maximum Gasteiger partial charge on any atom is 0.316 e. The Morgan fingerprint density at radius 2 is 2.05 bits per heavy atom. The zero-order valence-corrected chi connectivity index (χ0v) is 12.6. The average Bonchev–Trinajstić information content (AvgIpc) is 2.53. The first kappa shape index (κ1) is 15.5. The van der Waals surface area contributed by atoms with Gasteiger partial charge in [0.1, 0.15) is 11.4 Å². The van der Waals surface area contributed by atoms with Gasteiger partial charge in [-0.15, -0.1) is 0 Å². The van der Waals surface area contributed by atoms with E-state index in [1.807, 2.05) is 0 Å². The second-order valence-electron chi connectivity index (χ2n) is 5.36. The highest BCUT2D eigenvalue weighted by Crippen LogP contribution is 2.35. The first-order chi connectivity index (χ1) is 10.1. The van der Waals surface area contributed by atoms with E-state index in [1.54, 1.807) is 18.2 Å². The smallest absolute Gasteiger partial charge is 0.316 e. The summed E-state index contributed by atoms with van der Waals surface area (Å²) in [4.78, 5) is 15.5. The van der Waals surface area contributed by atoms with Crippen molar-refractivity contribution in [3.8, 4) is 0 Å². The van der Waals surface area contributed by atoms with Crippen LogP contribution in [0.4, 0.5) is 17.1 Å². The number of hydrazine groups is 1. The third-order valence-electron chi connectivity index (χ3n) is 4.22. The second kappa shape index (κ2) is 6.73. The van der Waals surface area contributed by atoms with Gasteiger partial charge in [0, 0.05) is 32.2 Å². The van der Waals surface area contributed by atoms with Crippen molar-refractivity contribution in [1.29, 1.82) is 0 Å². The molecule has 1 aromatic rings. The molecule has 0 bridgehead atoms. The maximum absolute atomic E-state index is 11.3. The Morgan fingerprint density at radius 1 is 1.38 bits per heavy atom. The molecule has 1 unspecified atom stereocenters. The fourth-order valence-corrected chi connectivity index (χ4v) is 2.76. The number of hydrogen-bond donors (Lipinski definition) is 2. The van der Waals surface area contributed by atoms with Gasteiger partial charge in [0.2, 0.25) is 0 Å². The zero-order chi connectivity index (χ0) is 15.4. The summed E-state index contributed by atoms with van der Waals surface area (Å²) >= 11 is 0. The van der Waals surface area contributed by atoms with Crippen molar-refractivity contribution in [3.63, 3.8) is 0 Å². The SMILES string of the molecule is CCC(C)N1CCN(c2cccc(NN)c2[N+](=O)[O-])CC1. The number of para-hydroxylation sites is 1. The Kier molecular flexibility index (Phi) is 4.98. The Bertz CT molecular complexity index is 500. The van der Waals surface area contributed by atoms with Crippen LogP contribution in [-0.4, -0.2) is 42.0 Å². The van der Waals surface area contributed by atoms with Crippen LogP contribution in [0.2, 0.25) is 0 Å². The molecule has 1 atom stereocenters. The van der Waals surface area contributed by atoms with E-state index in [4.69, 9.17) is 5.84 Å². The van der Waals surface area contributed by atoms with Gasteiger partial charge < -0.3 is 10.3 Å². The fourth-order valence-electron chi connectivity index (χ4n) is 2.76. The maximum atomic E-state index is 11.3. The lowest BCUT2D eigenvalue weighted by atomic mass is 10.1. The summed E-state index contributed by atoms with van der Waals surface area (Å²) in [5.41, 5.74) is 3.45. The largest absolute Gasteiger partial charge is 0.363 e. The number of nitrogens with two attached hydrogens (primary N) is 1. The van der Waals surface area contributed by atoms with Crippen LogP contribution in [0.5, 0.6) is 0 Å². The fraction of sp³-hybridized carbons (Fsp3) is 0.571. The third-order valence-corrected chi connectivity index (χ3v) is 4.22. The molecule has 116 valence electrons. The second-order valence-corrected chi connectivity index (χ2v) is 5.36. The third kappa shape index (κ3) is 3.25. The van der Waals surface area contributed by atoms with E-state index in [2.05, 4.69) is 29.1 Å². The van der Waals surface area contributed by atoms with Crippen molar-refractivity contribution in [3.05, 3.63) is 28.3 Å². The van der Waals surface area contributed by atoms with Gasteiger partial charge in [0.15, 0.2) is 0 Å². The van der Waals surface area contributed by atoms with E-state index in [1.165, 1.54) is 0 Å². The van der Waals surface area contributed by atoms with Crippen molar-refractivity contribution in [1.82, 2.24) is 4.90 Å². The number of nitro groups is 1. The van der Waals surface area contributed by atoms with Crippen molar-refractivity contribution in [2.45, 2.75) is 26.3 Å². The summed E-state index contributed by atoms with van der Waals surface area (Å²) in [7, 11) is 0. The summed E-state index contributed by atoms with van der Waals surface area (Å²) in [5.74, 6) is 5.39. The molecule has 1 heterocycles. The van der Waals surface area contributed by atoms with Gasteiger partial charge in [-0.3, -0.25) is 20.9 Å². The molecule has 2 rings (SSSR count). The summed E-state index contributed by atoms with van der Waals surface area (Å²) in [6.45, 7) is 7.83. The van der Waals surface area contributed by atoms with Crippen LogP contribution in [0.3, 0.4) is 0 Å². The van der Waals surface area contributed by atoms with Gasteiger partial charge in [-0.05, 0) is 25.5 Å². The molecule has 0 saturated carbocycles. The van der Waals surface area contributed by atoms with Crippen LogP contribution in [-0.2, 0) is 0 Å². The normalized spacial score (nSPS) is 17.6. The van der Waals surface area contributed by atoms with Crippen molar-refractivity contribution in [2.24, 2.45) is 5.84 Å². The molecule has 3 N–H and O–H groups in total. The molecule has 0 spiro atoms. The summed E-state index contributed by atoms with van der Waals surface area (Å²) in [5, 5.41) is 11.3. The van der Waals surface area contributed by atoms with Crippen molar-refractivity contribution >= 4 is 17.1 Å². The Morgan fingerprint density at radius 3 is 2.57 bits per heavy atom. The highest BCUT2D eigenvalue weighted by molar-refractivity contribution is 5.76. The molecular formula is C14H23N5O2. The molecule has 7 nitrogen and oxygen atoms in total. The molecule has 7 heteroatoms. The molecule has 1 fully saturated rings. The molecule has 1 aliphatic rings. The first-order valence-electron chi connectivity index (χ1n) is 7.31. The monoisotopic (exact) mass is 293 g/mol. The molecule has 0 aliphatic carbocycles. The van der Waals surface area contributed by atoms with Crippen LogP contribution in [0.1, 0.15) is 20.3 Å². The average molecular weight is 293 g/mol. The highest BCUT2D eigenvalue weighted by Gasteiger charge is 2.27. The van der Waals surface area contributed by atoms with Gasteiger partial charge in [-0.2, -0.15) is 0 Å². The Hall–Kier alpha value is -1.86. The number of nitrogen functional groups attached to an aromatic ring is 1. The van der Waals surface area contributed by atoms with Crippen molar-refractivity contribution < 1.29 is 4.92 Å². The lowest BCUT2D eigenvalue weighted by molar-refractivity contribution is -0.383. The molecular weight excluding hydrogens is 270 g/mol. The van der Waals surface area contributed by atoms with E-state index in [0.29, 0.717) is 17.4 Å². The number of benzene rings is 1. The topological polar surface area (TPSA) is 87.7 Å². The predicted molar refractivity (Wildman–Crippen MR) is 84.4 cm³/mol. The Labute approximate surface area is 124 Å². The molecule has 1 aromatic carbocycles. The van der Waals surface area contributed by atoms with Crippen molar-refractivity contribution in [2.75, 3.05) is 36.5 Å². The molecule has 1 aliphatic heterocycles. The van der Waals surface area contributed by atoms with E-state index in [0.717, 1.165) is 32.6 Å². The van der Waals surface area contributed by atoms with E-state index < -0.39 is 0 Å². The molecule has 0 aromatic heterocycles. The minimum absolute atomic E-state index is 0.0528. The molecule has 0 radical (unpaired) electrons. The van der Waals surface area contributed by atoms with Crippen LogP contribution in [0.25, 0.3) is 0 Å². The standard InChI is InChI=1S/C14H23N5O2/c1-3-11(2)17-7-9-18(10-8-17)13-6-4-5-12(16-15)14(13)19(20)21/h4-6,11,16H,3,7-10,15H2,1-2H3. The van der Waals surface area contributed by atoms with Gasteiger partial charge in [-0.25, -0.2) is 0 Å². The van der Waals surface area contributed by atoms with Crippen LogP contribution in [0.15, 0.2) is 18.2 Å². The lowest BCUT2D eigenvalue weighted by Crippen LogP contribution is -2.49. The van der Waals surface area contributed by atoms with Gasteiger partial charge in [0.05, 0.1) is 4.92 Å². The summed E-state index contributed by atoms with van der Waals surface area (Å²) in [6, 6.07) is 5.76. The minimum atomic E-state index is -0.369. The molecule has 21 heavy (non-hydrogen) atoms. The number of nitro benzene ring substituents is 1. The molecule has 1 saturated heterocycles. The number of rotatable bonds is 5. The van der Waals surface area contributed by atoms with Gasteiger partial charge in [-0.1, -0.05) is 13.0 Å². The van der Waals surface area contributed by atoms with E-state index in [9.17, 15) is 10.1 Å². The van der Waals surface area contributed by atoms with E-state index in [-0.39, 0.29) is 10.6 Å². The Balaban J connectivity index is 2.19. The summed E-state index contributed by atoms with van der Waals surface area (Å²) in [6.07, 6.45) is 1.12. The molecule has 0 amide bonds. The first-order valence-corrected chi connectivity index (χ1v) is 7.31. The van der Waals surface area contributed by atoms with Gasteiger partial charge >= 0.3 is 5.69 Å². The lowest BCUT2D eigenvalue weighted by Gasteiger charge is -2.38. The van der Waals surface area contributed by atoms with Crippen LogP contribution < -0.4 is 16.2 Å². The minimum Gasteiger partial charge on any atom is -0.363 e. The predicted octanol–water partition coefficient (Wildman–Crippen LogP) is 1.80. The number of nitrogens with one attached hydrogen (secondary N) is 1. The van der Waals surface area contributed by atoms with Crippen LogP contribution >= 0.6 is 0 Å². The quantitative estimate of drug-likeness (QED) is 0.489. The summed E-state index contributed by atoms with van der Waals surface area (Å²) < 4.78 is 0. The number of hydrogen-bond acceptors (Lipinski definition) is 6. The number of anilines is 2. The van der Waals surface area contributed by atoms with E-state index >= 15 is 0 Å².